The topological polar surface area (TPSA) is 48.4 Å². The molecule has 2 aromatic rings. The van der Waals surface area contributed by atoms with Crippen molar-refractivity contribution in [3.05, 3.63) is 65.7 Å². The number of hydrogen-bond donors (Lipinski definition) is 1. The number of aliphatic hydroxyl groups excluding tert-OH is 1. The van der Waals surface area contributed by atoms with Crippen molar-refractivity contribution in [2.24, 2.45) is 5.41 Å². The Hall–Kier alpha value is -2.54. The maximum atomic E-state index is 10.3. The molecule has 4 aliphatic heterocycles. The van der Waals surface area contributed by atoms with Crippen molar-refractivity contribution in [1.29, 1.82) is 0 Å². The van der Waals surface area contributed by atoms with Crippen LogP contribution < -0.4 is 14.4 Å². The molecule has 2 aromatic carbocycles. The van der Waals surface area contributed by atoms with Gasteiger partial charge in [0.05, 0.1) is 24.7 Å². The summed E-state index contributed by atoms with van der Waals surface area (Å²) in [4.78, 5) is 8.06. The Morgan fingerprint density at radius 1 is 1.11 bits per heavy atom. The molecule has 6 unspecified atom stereocenters. The van der Waals surface area contributed by atoms with E-state index in [0.29, 0.717) is 17.9 Å². The van der Waals surface area contributed by atoms with Crippen molar-refractivity contribution >= 4 is 5.69 Å². The quantitative estimate of drug-likeness (QED) is 0.657. The lowest BCUT2D eigenvalue weighted by Crippen LogP contribution is -2.59. The lowest BCUT2D eigenvalue weighted by Gasteiger charge is -2.48. The minimum atomic E-state index is -0.435. The highest BCUT2D eigenvalue weighted by Crippen LogP contribution is 2.65. The molecule has 0 radical (unpaired) electrons. The summed E-state index contributed by atoms with van der Waals surface area (Å²) in [7, 11) is 1.72. The van der Waals surface area contributed by atoms with Crippen LogP contribution in [0.5, 0.6) is 11.5 Å². The average molecular weight is 486 g/mol. The summed E-state index contributed by atoms with van der Waals surface area (Å²) in [5.41, 5.74) is 4.45. The molecule has 2 saturated heterocycles. The lowest BCUT2D eigenvalue weighted by atomic mass is 9.69. The van der Waals surface area contributed by atoms with Gasteiger partial charge in [0.15, 0.2) is 11.5 Å². The van der Waals surface area contributed by atoms with E-state index in [1.807, 2.05) is 6.08 Å². The maximum absolute atomic E-state index is 10.3. The molecule has 0 bridgehead atoms. The molecule has 6 nitrogen and oxygen atoms in total. The fourth-order valence-electron chi connectivity index (χ4n) is 8.28. The van der Waals surface area contributed by atoms with Gasteiger partial charge in [0.2, 0.25) is 0 Å². The van der Waals surface area contributed by atoms with E-state index in [2.05, 4.69) is 63.2 Å². The van der Waals surface area contributed by atoms with Crippen LogP contribution in [-0.2, 0) is 12.0 Å². The van der Waals surface area contributed by atoms with Gasteiger partial charge in [0, 0.05) is 61.9 Å². The molecule has 6 aliphatic rings. The molecular formula is C30H35N3O3. The van der Waals surface area contributed by atoms with E-state index in [-0.39, 0.29) is 11.5 Å². The summed E-state index contributed by atoms with van der Waals surface area (Å²) >= 11 is 0. The molecule has 3 fully saturated rings. The highest BCUT2D eigenvalue weighted by atomic mass is 16.5. The molecule has 2 aliphatic carbocycles. The predicted molar refractivity (Wildman–Crippen MR) is 139 cm³/mol. The standard InChI is InChI=1S/C30H35N3O3/c1-35-23-8-7-20-17-31(12-11-29-10-9-22(34)15-26(29)36-28(23)27(20)29)13-14-32-18-25-30(16-24(30)32)19-33(25)21-5-3-2-4-6-21/h2-10,22,24-26,34H,11-19H2,1H3. The van der Waals surface area contributed by atoms with Gasteiger partial charge >= 0.3 is 0 Å². The second kappa shape index (κ2) is 7.50. The zero-order valence-corrected chi connectivity index (χ0v) is 21.0. The Labute approximate surface area is 213 Å². The largest absolute Gasteiger partial charge is 0.493 e. The molecule has 0 amide bonds. The Kier molecular flexibility index (Phi) is 4.49. The molecule has 8 rings (SSSR count). The number of para-hydroxylation sites is 1. The first-order chi connectivity index (χ1) is 17.6. The monoisotopic (exact) mass is 485 g/mol. The summed E-state index contributed by atoms with van der Waals surface area (Å²) < 4.78 is 12.2. The maximum Gasteiger partial charge on any atom is 0.166 e. The second-order valence-corrected chi connectivity index (χ2v) is 11.9. The summed E-state index contributed by atoms with van der Waals surface area (Å²) in [6.45, 7) is 6.66. The lowest BCUT2D eigenvalue weighted by molar-refractivity contribution is 0.0803. The third-order valence-electron chi connectivity index (χ3n) is 10.3. The van der Waals surface area contributed by atoms with Gasteiger partial charge in [0.25, 0.3) is 0 Å². The van der Waals surface area contributed by atoms with Crippen molar-refractivity contribution in [3.63, 3.8) is 0 Å². The first-order valence-electron chi connectivity index (χ1n) is 13.6. The van der Waals surface area contributed by atoms with Gasteiger partial charge in [-0.15, -0.1) is 0 Å². The number of nitrogens with zero attached hydrogens (tertiary/aromatic N) is 3. The number of aliphatic hydroxyl groups is 1. The molecule has 1 saturated carbocycles. The zero-order valence-electron chi connectivity index (χ0n) is 21.0. The van der Waals surface area contributed by atoms with Crippen molar-refractivity contribution in [3.8, 4) is 11.5 Å². The van der Waals surface area contributed by atoms with Crippen molar-refractivity contribution in [2.45, 2.75) is 55.5 Å². The molecule has 188 valence electrons. The Morgan fingerprint density at radius 3 is 2.86 bits per heavy atom. The number of rotatable bonds is 5. The van der Waals surface area contributed by atoms with Crippen LogP contribution in [0.2, 0.25) is 0 Å². The molecule has 4 heterocycles. The van der Waals surface area contributed by atoms with Crippen LogP contribution in [0, 0.1) is 5.41 Å². The minimum absolute atomic E-state index is 0.0213. The molecule has 6 atom stereocenters. The first kappa shape index (κ1) is 21.5. The van der Waals surface area contributed by atoms with E-state index in [9.17, 15) is 5.11 Å². The van der Waals surface area contributed by atoms with Crippen LogP contribution >= 0.6 is 0 Å². The normalized spacial score (nSPS) is 37.8. The van der Waals surface area contributed by atoms with Crippen LogP contribution in [0.25, 0.3) is 0 Å². The number of benzene rings is 2. The van der Waals surface area contributed by atoms with E-state index < -0.39 is 6.10 Å². The van der Waals surface area contributed by atoms with Gasteiger partial charge in [0.1, 0.15) is 6.10 Å². The van der Waals surface area contributed by atoms with Crippen LogP contribution in [0.4, 0.5) is 5.69 Å². The number of hydrogen-bond acceptors (Lipinski definition) is 6. The van der Waals surface area contributed by atoms with Crippen molar-refractivity contribution < 1.29 is 14.6 Å². The third kappa shape index (κ3) is 2.84. The SMILES string of the molecule is COc1ccc2c3c1OC1CC(O)C=CC31CCN(CCN1CC3N(c4ccccc4)CC34CC14)C2. The van der Waals surface area contributed by atoms with Crippen LogP contribution in [0.15, 0.2) is 54.6 Å². The van der Waals surface area contributed by atoms with E-state index >= 15 is 0 Å². The molecule has 2 spiro atoms. The summed E-state index contributed by atoms with van der Waals surface area (Å²) in [6.07, 6.45) is 6.81. The summed E-state index contributed by atoms with van der Waals surface area (Å²) in [6, 6.07) is 16.7. The van der Waals surface area contributed by atoms with E-state index in [1.165, 1.54) is 36.3 Å². The van der Waals surface area contributed by atoms with Gasteiger partial charge in [-0.25, -0.2) is 0 Å². The minimum Gasteiger partial charge on any atom is -0.493 e. The van der Waals surface area contributed by atoms with E-state index in [4.69, 9.17) is 9.47 Å². The molecule has 6 heteroatoms. The molecule has 1 N–H and O–H groups in total. The van der Waals surface area contributed by atoms with Crippen molar-refractivity contribution in [1.82, 2.24) is 9.80 Å². The number of anilines is 1. The van der Waals surface area contributed by atoms with Gasteiger partial charge in [-0.05, 0) is 43.1 Å². The van der Waals surface area contributed by atoms with Gasteiger partial charge in [-0.3, -0.25) is 9.80 Å². The molecule has 0 aromatic heterocycles. The number of likely N-dealkylation sites (tertiary alicyclic amines) is 1. The van der Waals surface area contributed by atoms with Gasteiger partial charge in [-0.2, -0.15) is 0 Å². The highest BCUT2D eigenvalue weighted by molar-refractivity contribution is 5.61. The highest BCUT2D eigenvalue weighted by Gasteiger charge is 2.73. The van der Waals surface area contributed by atoms with E-state index in [1.54, 1.807) is 7.11 Å². The Balaban J connectivity index is 1.00. The predicted octanol–water partition coefficient (Wildman–Crippen LogP) is 3.18. The fraction of sp³-hybridized carbons (Fsp3) is 0.533. The smallest absolute Gasteiger partial charge is 0.166 e. The summed E-state index contributed by atoms with van der Waals surface area (Å²) in [5.74, 6) is 1.71. The Bertz CT molecular complexity index is 1230. The number of ether oxygens (including phenoxy) is 2. The second-order valence-electron chi connectivity index (χ2n) is 11.9. The summed E-state index contributed by atoms with van der Waals surface area (Å²) in [5, 5.41) is 10.3. The average Bonchev–Trinajstić information content (AvgIpc) is 3.54. The zero-order chi connectivity index (χ0) is 24.1. The Morgan fingerprint density at radius 2 is 2.00 bits per heavy atom. The molecule has 36 heavy (non-hydrogen) atoms. The fourth-order valence-corrected chi connectivity index (χ4v) is 8.28. The van der Waals surface area contributed by atoms with Gasteiger partial charge in [-0.1, -0.05) is 36.4 Å². The number of piperidine rings is 1. The molecular weight excluding hydrogens is 450 g/mol. The van der Waals surface area contributed by atoms with Crippen molar-refractivity contribution in [2.75, 3.05) is 44.7 Å². The van der Waals surface area contributed by atoms with Crippen LogP contribution in [-0.4, -0.2) is 79.0 Å². The van der Waals surface area contributed by atoms with Crippen LogP contribution in [0.1, 0.15) is 30.4 Å². The first-order valence-corrected chi connectivity index (χ1v) is 13.6. The number of methoxy groups -OCH3 is 1. The van der Waals surface area contributed by atoms with E-state index in [0.717, 1.165) is 50.1 Å². The van der Waals surface area contributed by atoms with Crippen LogP contribution in [0.3, 0.4) is 0 Å². The van der Waals surface area contributed by atoms with Gasteiger partial charge < -0.3 is 19.5 Å². The third-order valence-corrected chi connectivity index (χ3v) is 10.3.